The Morgan fingerprint density at radius 2 is 1.83 bits per heavy atom. The van der Waals surface area contributed by atoms with Crippen molar-refractivity contribution >= 4 is 15.7 Å². The summed E-state index contributed by atoms with van der Waals surface area (Å²) in [5.74, 6) is -0.311. The molecule has 1 amide bonds. The number of aromatic nitrogens is 1. The summed E-state index contributed by atoms with van der Waals surface area (Å²) >= 11 is 0. The number of carbonyl (C=O) groups is 1. The summed E-state index contributed by atoms with van der Waals surface area (Å²) in [6, 6.07) is 13.9. The van der Waals surface area contributed by atoms with Crippen molar-refractivity contribution in [1.29, 1.82) is 0 Å². The highest BCUT2D eigenvalue weighted by molar-refractivity contribution is 7.91. The van der Waals surface area contributed by atoms with Crippen molar-refractivity contribution in [1.82, 2.24) is 9.47 Å². The molecular weight excluding hydrogens is 324 g/mol. The zero-order valence-corrected chi connectivity index (χ0v) is 14.2. The standard InChI is InChI=1S/C18H20N2O3S/c21-18(15-8-12-24(22,23)13-15)20-11-10-19-9-4-7-16(19)17(20)14-5-2-1-3-6-14/h1-7,9,15,17H,8,10-13H2. The van der Waals surface area contributed by atoms with Gasteiger partial charge in [-0.2, -0.15) is 0 Å². The molecular formula is C18H20N2O3S. The molecule has 0 bridgehead atoms. The average Bonchev–Trinajstić information content (AvgIpc) is 3.20. The monoisotopic (exact) mass is 344 g/mol. The Kier molecular flexibility index (Phi) is 3.72. The predicted octanol–water partition coefficient (Wildman–Crippen LogP) is 1.85. The molecule has 0 aliphatic carbocycles. The SMILES string of the molecule is O=C(C1CCS(=O)(=O)C1)N1CCn2cccc2C1c1ccccc1. The van der Waals surface area contributed by atoms with Crippen LogP contribution in [-0.4, -0.2) is 41.8 Å². The van der Waals surface area contributed by atoms with Crippen molar-refractivity contribution < 1.29 is 13.2 Å². The fourth-order valence-corrected chi connectivity index (χ4v) is 5.56. The van der Waals surface area contributed by atoms with Crippen molar-refractivity contribution in [2.24, 2.45) is 5.92 Å². The molecule has 2 aliphatic rings. The molecule has 0 N–H and O–H groups in total. The number of hydrogen-bond acceptors (Lipinski definition) is 3. The lowest BCUT2D eigenvalue weighted by Gasteiger charge is -2.38. The number of carbonyl (C=O) groups excluding carboxylic acids is 1. The van der Waals surface area contributed by atoms with Crippen molar-refractivity contribution in [3.05, 3.63) is 59.9 Å². The van der Waals surface area contributed by atoms with E-state index >= 15 is 0 Å². The second kappa shape index (κ2) is 5.77. The largest absolute Gasteiger partial charge is 0.348 e. The molecule has 2 aliphatic heterocycles. The molecule has 24 heavy (non-hydrogen) atoms. The van der Waals surface area contributed by atoms with Crippen molar-refractivity contribution in [3.8, 4) is 0 Å². The van der Waals surface area contributed by atoms with Gasteiger partial charge in [0.05, 0.1) is 23.5 Å². The highest BCUT2D eigenvalue weighted by atomic mass is 32.2. The Morgan fingerprint density at radius 1 is 1.04 bits per heavy atom. The summed E-state index contributed by atoms with van der Waals surface area (Å²) in [7, 11) is -3.06. The Bertz CT molecular complexity index is 857. The van der Waals surface area contributed by atoms with Crippen molar-refractivity contribution in [2.75, 3.05) is 18.1 Å². The number of sulfone groups is 1. The predicted molar refractivity (Wildman–Crippen MR) is 91.2 cm³/mol. The minimum absolute atomic E-state index is 0.00907. The summed E-state index contributed by atoms with van der Waals surface area (Å²) in [6.45, 7) is 1.35. The van der Waals surface area contributed by atoms with Gasteiger partial charge in [0.25, 0.3) is 0 Å². The van der Waals surface area contributed by atoms with Crippen LogP contribution in [0.3, 0.4) is 0 Å². The van der Waals surface area contributed by atoms with Gasteiger partial charge < -0.3 is 9.47 Å². The molecule has 3 heterocycles. The fraction of sp³-hybridized carbons (Fsp3) is 0.389. The normalized spacial score (nSPS) is 25.4. The minimum atomic E-state index is -3.06. The molecule has 126 valence electrons. The zero-order chi connectivity index (χ0) is 16.7. The maximum atomic E-state index is 13.1. The number of hydrogen-bond donors (Lipinski definition) is 0. The maximum Gasteiger partial charge on any atom is 0.227 e. The number of amides is 1. The molecule has 2 aromatic rings. The van der Waals surface area contributed by atoms with E-state index in [2.05, 4.69) is 4.57 Å². The summed E-state index contributed by atoms with van der Waals surface area (Å²) in [6.07, 6.45) is 2.48. The van der Waals surface area contributed by atoms with E-state index in [0.717, 1.165) is 17.8 Å². The van der Waals surface area contributed by atoms with E-state index in [1.54, 1.807) is 0 Å². The van der Waals surface area contributed by atoms with E-state index in [1.165, 1.54) is 0 Å². The van der Waals surface area contributed by atoms with Crippen LogP contribution in [0.4, 0.5) is 0 Å². The lowest BCUT2D eigenvalue weighted by atomic mass is 9.97. The lowest BCUT2D eigenvalue weighted by Crippen LogP contribution is -2.45. The molecule has 4 rings (SSSR count). The first-order valence-electron chi connectivity index (χ1n) is 8.26. The molecule has 1 saturated heterocycles. The number of nitrogens with zero attached hydrogens (tertiary/aromatic N) is 2. The maximum absolute atomic E-state index is 13.1. The van der Waals surface area contributed by atoms with Crippen molar-refractivity contribution in [3.63, 3.8) is 0 Å². The van der Waals surface area contributed by atoms with Gasteiger partial charge in [0.2, 0.25) is 5.91 Å². The summed E-state index contributed by atoms with van der Waals surface area (Å²) in [5.41, 5.74) is 2.15. The molecule has 2 unspecified atom stereocenters. The van der Waals surface area contributed by atoms with Gasteiger partial charge in [-0.1, -0.05) is 30.3 Å². The lowest BCUT2D eigenvalue weighted by molar-refractivity contribution is -0.137. The van der Waals surface area contributed by atoms with Crippen LogP contribution < -0.4 is 0 Å². The Morgan fingerprint density at radius 3 is 2.54 bits per heavy atom. The first-order chi connectivity index (χ1) is 11.6. The Labute approximate surface area is 141 Å². The van der Waals surface area contributed by atoms with E-state index in [9.17, 15) is 13.2 Å². The molecule has 1 aromatic heterocycles. The third-order valence-electron chi connectivity index (χ3n) is 5.02. The van der Waals surface area contributed by atoms with Crippen LogP contribution in [0.25, 0.3) is 0 Å². The van der Waals surface area contributed by atoms with Crippen LogP contribution in [-0.2, 0) is 21.2 Å². The molecule has 1 aromatic carbocycles. The van der Waals surface area contributed by atoms with Gasteiger partial charge in [-0.3, -0.25) is 4.79 Å². The summed E-state index contributed by atoms with van der Waals surface area (Å²) in [4.78, 5) is 14.9. The molecule has 0 radical (unpaired) electrons. The van der Waals surface area contributed by atoms with E-state index in [-0.39, 0.29) is 23.5 Å². The summed E-state index contributed by atoms with van der Waals surface area (Å²) < 4.78 is 25.7. The highest BCUT2D eigenvalue weighted by Crippen LogP contribution is 2.34. The van der Waals surface area contributed by atoms with E-state index in [1.807, 2.05) is 53.6 Å². The van der Waals surface area contributed by atoms with Crippen LogP contribution in [0.1, 0.15) is 23.7 Å². The third kappa shape index (κ3) is 2.65. The minimum Gasteiger partial charge on any atom is -0.348 e. The van der Waals surface area contributed by atoms with Gasteiger partial charge in [0, 0.05) is 25.0 Å². The Hall–Kier alpha value is -2.08. The average molecular weight is 344 g/mol. The second-order valence-corrected chi connectivity index (χ2v) is 8.80. The molecule has 1 fully saturated rings. The van der Waals surface area contributed by atoms with Gasteiger partial charge in [0.1, 0.15) is 0 Å². The third-order valence-corrected chi connectivity index (χ3v) is 6.79. The first-order valence-corrected chi connectivity index (χ1v) is 10.1. The van der Waals surface area contributed by atoms with Crippen LogP contribution in [0, 0.1) is 5.92 Å². The van der Waals surface area contributed by atoms with Gasteiger partial charge >= 0.3 is 0 Å². The number of rotatable bonds is 2. The summed E-state index contributed by atoms with van der Waals surface area (Å²) in [5, 5.41) is 0. The van der Waals surface area contributed by atoms with Crippen LogP contribution >= 0.6 is 0 Å². The smallest absolute Gasteiger partial charge is 0.227 e. The van der Waals surface area contributed by atoms with Crippen LogP contribution in [0.2, 0.25) is 0 Å². The highest BCUT2D eigenvalue weighted by Gasteiger charge is 2.39. The quantitative estimate of drug-likeness (QED) is 0.835. The van der Waals surface area contributed by atoms with Gasteiger partial charge in [-0.25, -0.2) is 8.42 Å². The topological polar surface area (TPSA) is 59.4 Å². The van der Waals surface area contributed by atoms with Gasteiger partial charge in [0.15, 0.2) is 9.84 Å². The zero-order valence-electron chi connectivity index (χ0n) is 13.3. The van der Waals surface area contributed by atoms with Gasteiger partial charge in [-0.15, -0.1) is 0 Å². The molecule has 0 saturated carbocycles. The van der Waals surface area contributed by atoms with Crippen LogP contribution in [0.5, 0.6) is 0 Å². The van der Waals surface area contributed by atoms with Gasteiger partial charge in [-0.05, 0) is 24.1 Å². The van der Waals surface area contributed by atoms with E-state index in [0.29, 0.717) is 13.0 Å². The first kappa shape index (κ1) is 15.4. The van der Waals surface area contributed by atoms with E-state index in [4.69, 9.17) is 0 Å². The number of fused-ring (bicyclic) bond motifs is 1. The number of benzene rings is 1. The molecule has 2 atom stereocenters. The second-order valence-electron chi connectivity index (χ2n) is 6.57. The van der Waals surface area contributed by atoms with E-state index < -0.39 is 15.8 Å². The fourth-order valence-electron chi connectivity index (χ4n) is 3.83. The molecule has 5 nitrogen and oxygen atoms in total. The Balaban J connectivity index is 1.70. The molecule has 0 spiro atoms. The molecule has 6 heteroatoms. The van der Waals surface area contributed by atoms with Crippen LogP contribution in [0.15, 0.2) is 48.7 Å². The van der Waals surface area contributed by atoms with Crippen molar-refractivity contribution in [2.45, 2.75) is 19.0 Å².